The number of carbonyl (C=O) groups is 4. The van der Waals surface area contributed by atoms with E-state index >= 15 is 0 Å². The maximum absolute atomic E-state index is 14.3. The van der Waals surface area contributed by atoms with E-state index in [1.54, 1.807) is 33.8 Å². The number of nitrogens with zero attached hydrogens (tertiary/aromatic N) is 2. The van der Waals surface area contributed by atoms with Crippen molar-refractivity contribution in [1.29, 1.82) is 0 Å². The number of rotatable bonds is 11. The normalized spacial score (nSPS) is 34.5. The molecule has 302 valence electrons. The van der Waals surface area contributed by atoms with Crippen molar-refractivity contribution in [2.75, 3.05) is 19.8 Å². The Hall–Kier alpha value is -4.85. The van der Waals surface area contributed by atoms with E-state index in [1.807, 2.05) is 0 Å². The van der Waals surface area contributed by atoms with Gasteiger partial charge in [-0.1, -0.05) is 30.7 Å². The number of ether oxygens (including phenoxy) is 5. The number of benzene rings is 1. The number of hydrogen-bond acceptors (Lipinski definition) is 17. The molecule has 3 heterocycles. The molecule has 1 aromatic carbocycles. The Morgan fingerprint density at radius 2 is 1.80 bits per heavy atom. The van der Waals surface area contributed by atoms with Crippen LogP contribution in [0.15, 0.2) is 67.9 Å². The predicted octanol–water partition coefficient (Wildman–Crippen LogP) is 1.20. The van der Waals surface area contributed by atoms with Crippen LogP contribution >= 0.6 is 0 Å². The predicted molar refractivity (Wildman–Crippen MR) is 184 cm³/mol. The Labute approximate surface area is 320 Å². The smallest absolute Gasteiger partial charge is 0.414 e. The van der Waals surface area contributed by atoms with Gasteiger partial charge in [0.1, 0.15) is 12.2 Å². The second-order valence-corrected chi connectivity index (χ2v) is 17.4. The summed E-state index contributed by atoms with van der Waals surface area (Å²) in [7, 11) is -4.36. The van der Waals surface area contributed by atoms with E-state index in [2.05, 4.69) is 9.79 Å². The van der Waals surface area contributed by atoms with Crippen LogP contribution in [0.4, 0.5) is 0 Å². The molecule has 7 rings (SSSR count). The molecule has 2 saturated carbocycles. The molecule has 0 unspecified atom stereocenters. The van der Waals surface area contributed by atoms with Crippen molar-refractivity contribution in [1.82, 2.24) is 5.16 Å². The van der Waals surface area contributed by atoms with E-state index < -0.39 is 109 Å². The first-order chi connectivity index (χ1) is 26.4. The summed E-state index contributed by atoms with van der Waals surface area (Å²) >= 11 is 0. The molecule has 2 bridgehead atoms. The van der Waals surface area contributed by atoms with Crippen LogP contribution in [0.25, 0.3) is 0 Å². The lowest BCUT2D eigenvalue weighted by Gasteiger charge is -2.67. The van der Waals surface area contributed by atoms with Gasteiger partial charge in [0, 0.05) is 23.8 Å². The monoisotopic (exact) mass is 802 g/mol. The summed E-state index contributed by atoms with van der Waals surface area (Å²) in [6.45, 7) is 5.74. The number of aliphatic hydroxyl groups excluding tert-OH is 3. The zero-order valence-electron chi connectivity index (χ0n) is 30.9. The first-order valence-corrected chi connectivity index (χ1v) is 19.6. The molecule has 5 aliphatic rings. The van der Waals surface area contributed by atoms with Gasteiger partial charge >= 0.3 is 28.8 Å². The maximum atomic E-state index is 14.3. The Balaban J connectivity index is 1.13. The molecule has 2 aromatic rings. The topological polar surface area (TPSA) is 262 Å². The molecular weight excluding hydrogens is 760 g/mol. The number of unbranched alkanes of at least 4 members (excludes halogenated alkanes) is 1. The van der Waals surface area contributed by atoms with Crippen molar-refractivity contribution in [3.8, 4) is 5.88 Å². The highest BCUT2D eigenvalue weighted by Crippen LogP contribution is 2.72. The summed E-state index contributed by atoms with van der Waals surface area (Å²) in [6, 6.07) is 7.12. The van der Waals surface area contributed by atoms with Gasteiger partial charge in [0.15, 0.2) is 11.5 Å². The molecule has 19 heteroatoms. The Morgan fingerprint density at radius 1 is 1.11 bits per heavy atom. The van der Waals surface area contributed by atoms with Gasteiger partial charge in [-0.3, -0.25) is 9.42 Å². The van der Waals surface area contributed by atoms with Gasteiger partial charge in [-0.25, -0.2) is 22.8 Å². The fraction of sp³-hybridized carbons (Fsp3) is 0.568. The standard InChI is InChI=1S/C37H42N2O16S/c1-18(2)14-24(41)54-27-29-36-17-52-37(29,30(44)26(43)28(36)35(4)16-22(40)25(42)19(3)21(35)15-23(36)53-33(27)45)34(46)51-13-9-8-12-50-31-32(39(47)55-38-31)56(48,49)20-10-6-5-7-11-20/h5-7,10-11,14,21,23,26-30,42-44H,8-9,12-13,15-17H2,1-4H3/t21-,23+,26+,27+,28+,29+,30-,35-,36+,37+/m0/s1. The molecule has 0 radical (unpaired) electrons. The summed E-state index contributed by atoms with van der Waals surface area (Å²) in [5.74, 6) is -7.70. The van der Waals surface area contributed by atoms with Gasteiger partial charge in [0.2, 0.25) is 11.7 Å². The van der Waals surface area contributed by atoms with Crippen molar-refractivity contribution in [3.05, 3.63) is 58.5 Å². The summed E-state index contributed by atoms with van der Waals surface area (Å²) in [4.78, 5) is 53.8. The Morgan fingerprint density at radius 3 is 2.50 bits per heavy atom. The van der Waals surface area contributed by atoms with E-state index in [1.165, 1.54) is 24.3 Å². The van der Waals surface area contributed by atoms with Gasteiger partial charge < -0.3 is 44.2 Å². The van der Waals surface area contributed by atoms with Crippen LogP contribution < -0.4 is 9.64 Å². The van der Waals surface area contributed by atoms with Crippen LogP contribution in [-0.4, -0.2) is 102 Å². The van der Waals surface area contributed by atoms with Crippen molar-refractivity contribution < 1.29 is 76.1 Å². The molecule has 0 amide bonds. The number of esters is 3. The zero-order chi connectivity index (χ0) is 40.5. The third kappa shape index (κ3) is 5.72. The zero-order valence-corrected chi connectivity index (χ0v) is 31.7. The molecule has 10 atom stereocenters. The van der Waals surface area contributed by atoms with E-state index in [0.717, 1.165) is 6.08 Å². The van der Waals surface area contributed by atoms with Crippen molar-refractivity contribution in [2.24, 2.45) is 28.6 Å². The molecule has 1 spiro atoms. The minimum atomic E-state index is -4.36. The number of allylic oxidation sites excluding steroid dienone is 3. The molecule has 3 aliphatic carbocycles. The lowest BCUT2D eigenvalue weighted by atomic mass is 9.38. The number of Topliss-reactive ketones (excluding diaryl/α,β-unsaturated/α-hetero) is 1. The van der Waals surface area contributed by atoms with E-state index in [4.69, 9.17) is 23.7 Å². The van der Waals surface area contributed by atoms with E-state index in [0.29, 0.717) is 11.1 Å². The number of aliphatic hydroxyl groups is 3. The first-order valence-electron chi connectivity index (χ1n) is 18.1. The Kier molecular flexibility index (Phi) is 9.82. The van der Waals surface area contributed by atoms with Crippen molar-refractivity contribution in [2.45, 2.75) is 93.3 Å². The molecule has 18 nitrogen and oxygen atoms in total. The lowest BCUT2D eigenvalue weighted by Crippen LogP contribution is -2.79. The summed E-state index contributed by atoms with van der Waals surface area (Å²) in [5.41, 5.74) is -4.13. The van der Waals surface area contributed by atoms with Crippen molar-refractivity contribution >= 4 is 33.5 Å². The molecule has 1 aromatic heterocycles. The highest BCUT2D eigenvalue weighted by atomic mass is 32.2. The third-order valence-corrected chi connectivity index (χ3v) is 13.9. The largest absolute Gasteiger partial charge is 0.504 e. The summed E-state index contributed by atoms with van der Waals surface area (Å²) < 4.78 is 59.6. The second kappa shape index (κ2) is 14.0. The SMILES string of the molecule is CC(C)=CC(=O)O[C@H]1C(=O)O[C@@H]2C[C@H]3C(C)=C(O)C(=O)C[C@]3(C)[C@H]3[C@@H](O)[C@H](O)[C@]4(C(=O)OCCCCOc5no[n+]([O-])c5S(=O)(=O)c5ccccc5)OC[C@]32[C@@H]14. The minimum Gasteiger partial charge on any atom is -0.504 e. The van der Waals surface area contributed by atoms with Gasteiger partial charge in [-0.2, -0.15) is 0 Å². The van der Waals surface area contributed by atoms with E-state index in [9.17, 15) is 48.1 Å². The van der Waals surface area contributed by atoms with Crippen LogP contribution in [0, 0.1) is 33.8 Å². The number of aromatic nitrogens is 2. The molecule has 4 fully saturated rings. The number of sulfone groups is 1. The Bertz CT molecular complexity index is 2130. The van der Waals surface area contributed by atoms with E-state index in [-0.39, 0.29) is 55.3 Å². The van der Waals surface area contributed by atoms with Crippen LogP contribution in [-0.2, 0) is 48.0 Å². The van der Waals surface area contributed by atoms with Crippen LogP contribution in [0.2, 0.25) is 0 Å². The third-order valence-electron chi connectivity index (χ3n) is 12.2. The molecule has 56 heavy (non-hydrogen) atoms. The highest BCUT2D eigenvalue weighted by Gasteiger charge is 2.85. The average Bonchev–Trinajstić information content (AvgIpc) is 3.67. The maximum Gasteiger partial charge on any atom is 0.414 e. The van der Waals surface area contributed by atoms with Crippen molar-refractivity contribution in [3.63, 3.8) is 0 Å². The van der Waals surface area contributed by atoms with Gasteiger partial charge in [0.25, 0.3) is 9.84 Å². The van der Waals surface area contributed by atoms with Crippen LogP contribution in [0.5, 0.6) is 5.88 Å². The fourth-order valence-corrected chi connectivity index (χ4v) is 11.3. The number of hydrogen-bond donors (Lipinski definition) is 3. The summed E-state index contributed by atoms with van der Waals surface area (Å²) in [5, 5.41) is 49.5. The van der Waals surface area contributed by atoms with Gasteiger partial charge in [-0.05, 0) is 74.0 Å². The lowest BCUT2D eigenvalue weighted by molar-refractivity contribution is -0.832. The molecule has 3 N–H and O–H groups in total. The summed E-state index contributed by atoms with van der Waals surface area (Å²) in [6.07, 6.45) is -5.40. The average molecular weight is 803 g/mol. The highest BCUT2D eigenvalue weighted by molar-refractivity contribution is 7.91. The molecule has 2 aliphatic heterocycles. The molecule has 2 saturated heterocycles. The number of fused-ring (bicyclic) bond motifs is 2. The van der Waals surface area contributed by atoms with Crippen LogP contribution in [0.1, 0.15) is 53.4 Å². The molecular formula is C37H42N2O16S. The fourth-order valence-electron chi connectivity index (χ4n) is 9.98. The first kappa shape index (κ1) is 39.4. The van der Waals surface area contributed by atoms with Gasteiger partial charge in [-0.15, -0.1) is 0 Å². The number of ketones is 1. The van der Waals surface area contributed by atoms with Gasteiger partial charge in [0.05, 0.1) is 41.9 Å². The second-order valence-electron chi connectivity index (χ2n) is 15.6. The van der Waals surface area contributed by atoms with Crippen LogP contribution in [0.3, 0.4) is 0 Å². The number of carbonyl (C=O) groups excluding carboxylic acids is 4. The minimum absolute atomic E-state index is 0.0799. The quantitative estimate of drug-likeness (QED) is 0.0948.